The number of ether oxygens (including phenoxy) is 1. The molecule has 0 radical (unpaired) electrons. The molecule has 0 aliphatic heterocycles. The van der Waals surface area contributed by atoms with Crippen molar-refractivity contribution < 1.29 is 4.74 Å². The van der Waals surface area contributed by atoms with Crippen LogP contribution in [0, 0.1) is 0 Å². The predicted octanol–water partition coefficient (Wildman–Crippen LogP) is 4.27. The highest BCUT2D eigenvalue weighted by atomic mass is 16.5. The normalized spacial score (nSPS) is 12.3. The Hall–Kier alpha value is -1.12. The van der Waals surface area contributed by atoms with Crippen LogP contribution in [-0.2, 0) is 11.2 Å². The van der Waals surface area contributed by atoms with Crippen LogP contribution in [0.4, 0.5) is 0 Å². The van der Waals surface area contributed by atoms with Crippen molar-refractivity contribution in [3.63, 3.8) is 0 Å². The van der Waals surface area contributed by atoms with Crippen molar-refractivity contribution in [1.29, 1.82) is 0 Å². The van der Waals surface area contributed by atoms with Gasteiger partial charge in [0.25, 0.3) is 0 Å². The van der Waals surface area contributed by atoms with Crippen molar-refractivity contribution in [2.75, 3.05) is 19.8 Å². The first kappa shape index (κ1) is 16.9. The van der Waals surface area contributed by atoms with E-state index in [1.165, 1.54) is 30.4 Å². The third kappa shape index (κ3) is 6.88. The molecule has 2 heteroatoms. The highest BCUT2D eigenvalue weighted by Crippen LogP contribution is 2.14. The van der Waals surface area contributed by atoms with E-state index in [9.17, 15) is 0 Å². The molecule has 0 bridgehead atoms. The molecule has 1 aromatic carbocycles. The van der Waals surface area contributed by atoms with Crippen molar-refractivity contribution in [2.24, 2.45) is 0 Å². The van der Waals surface area contributed by atoms with Gasteiger partial charge in [-0.1, -0.05) is 43.7 Å². The van der Waals surface area contributed by atoms with Crippen molar-refractivity contribution in [3.8, 4) is 0 Å². The fourth-order valence-electron chi connectivity index (χ4n) is 2.09. The summed E-state index contributed by atoms with van der Waals surface area (Å²) in [6, 6.07) is 9.36. The van der Waals surface area contributed by atoms with Gasteiger partial charge in [-0.25, -0.2) is 0 Å². The summed E-state index contributed by atoms with van der Waals surface area (Å²) in [6.07, 6.45) is 6.53. The average Bonchev–Trinajstić information content (AvgIpc) is 2.49. The average molecular weight is 275 g/mol. The molecule has 0 aromatic heterocycles. The van der Waals surface area contributed by atoms with E-state index >= 15 is 0 Å². The van der Waals surface area contributed by atoms with E-state index in [0.717, 1.165) is 26.2 Å². The zero-order chi connectivity index (χ0) is 14.6. The van der Waals surface area contributed by atoms with Crippen LogP contribution in [0.15, 0.2) is 36.9 Å². The fourth-order valence-corrected chi connectivity index (χ4v) is 2.09. The molecule has 0 saturated heterocycles. The molecule has 0 heterocycles. The van der Waals surface area contributed by atoms with E-state index in [-0.39, 0.29) is 0 Å². The monoisotopic (exact) mass is 275 g/mol. The Balaban J connectivity index is 2.25. The molecule has 0 fully saturated rings. The topological polar surface area (TPSA) is 21.3 Å². The predicted molar refractivity (Wildman–Crippen MR) is 87.1 cm³/mol. The first-order valence-corrected chi connectivity index (χ1v) is 7.78. The number of rotatable bonds is 11. The number of hydrogen-bond donors (Lipinski definition) is 1. The van der Waals surface area contributed by atoms with Crippen LogP contribution >= 0.6 is 0 Å². The lowest BCUT2D eigenvalue weighted by Gasteiger charge is -2.15. The summed E-state index contributed by atoms with van der Waals surface area (Å²) in [5.74, 6) is 0. The first-order chi connectivity index (χ1) is 9.77. The first-order valence-electron chi connectivity index (χ1n) is 7.78. The van der Waals surface area contributed by atoms with Gasteiger partial charge in [-0.3, -0.25) is 0 Å². The van der Waals surface area contributed by atoms with Crippen molar-refractivity contribution in [3.05, 3.63) is 48.0 Å². The number of benzene rings is 1. The van der Waals surface area contributed by atoms with Crippen molar-refractivity contribution >= 4 is 0 Å². The summed E-state index contributed by atoms with van der Waals surface area (Å²) in [5, 5.41) is 3.49. The molecular formula is C18H29NO. The minimum absolute atomic E-state index is 0.373. The lowest BCUT2D eigenvalue weighted by atomic mass is 10.0. The van der Waals surface area contributed by atoms with Gasteiger partial charge in [0.2, 0.25) is 0 Å². The number of aryl methyl sites for hydroxylation is 1. The molecule has 0 saturated carbocycles. The maximum absolute atomic E-state index is 5.49. The van der Waals surface area contributed by atoms with E-state index < -0.39 is 0 Å². The highest BCUT2D eigenvalue weighted by Gasteiger charge is 2.04. The Morgan fingerprint density at radius 2 is 2.00 bits per heavy atom. The van der Waals surface area contributed by atoms with Gasteiger partial charge in [-0.15, -0.1) is 6.58 Å². The number of nitrogens with one attached hydrogen (secondary N) is 1. The van der Waals surface area contributed by atoms with Gasteiger partial charge < -0.3 is 10.1 Å². The maximum Gasteiger partial charge on any atom is 0.0591 e. The zero-order valence-corrected chi connectivity index (χ0v) is 13.0. The second-order valence-corrected chi connectivity index (χ2v) is 5.21. The number of hydrogen-bond acceptors (Lipinski definition) is 2. The lowest BCUT2D eigenvalue weighted by Crippen LogP contribution is -2.23. The molecule has 1 rings (SSSR count). The van der Waals surface area contributed by atoms with Gasteiger partial charge in [0.1, 0.15) is 0 Å². The van der Waals surface area contributed by atoms with Crippen molar-refractivity contribution in [1.82, 2.24) is 5.32 Å². The Morgan fingerprint density at radius 1 is 1.25 bits per heavy atom. The summed E-state index contributed by atoms with van der Waals surface area (Å²) in [7, 11) is 0. The van der Waals surface area contributed by atoms with Crippen LogP contribution in [0.25, 0.3) is 0 Å². The standard InChI is InChI=1S/C18H29NO/c1-4-6-8-17-9-11-18(12-10-17)16(3)19-13-15-20-14-7-5-2/h5,9-12,16,19H,2,4,6-8,13-15H2,1,3H3. The van der Waals surface area contributed by atoms with E-state index in [0.29, 0.717) is 6.04 Å². The van der Waals surface area contributed by atoms with Crippen LogP contribution in [-0.4, -0.2) is 19.8 Å². The minimum Gasteiger partial charge on any atom is -0.380 e. The molecule has 0 spiro atoms. The van der Waals surface area contributed by atoms with Gasteiger partial charge in [0, 0.05) is 12.6 Å². The Kier molecular flexibility index (Phi) is 9.01. The van der Waals surface area contributed by atoms with Gasteiger partial charge in [-0.05, 0) is 37.3 Å². The smallest absolute Gasteiger partial charge is 0.0591 e. The zero-order valence-electron chi connectivity index (χ0n) is 13.0. The summed E-state index contributed by atoms with van der Waals surface area (Å²) in [5.41, 5.74) is 2.78. The molecule has 1 atom stereocenters. The van der Waals surface area contributed by atoms with Crippen LogP contribution in [0.1, 0.15) is 50.3 Å². The van der Waals surface area contributed by atoms with Crippen LogP contribution in [0.5, 0.6) is 0 Å². The molecular weight excluding hydrogens is 246 g/mol. The molecule has 112 valence electrons. The van der Waals surface area contributed by atoms with Gasteiger partial charge >= 0.3 is 0 Å². The minimum atomic E-state index is 0.373. The Morgan fingerprint density at radius 3 is 2.65 bits per heavy atom. The van der Waals surface area contributed by atoms with E-state index in [2.05, 4.69) is 50.0 Å². The molecule has 1 unspecified atom stereocenters. The molecule has 0 aliphatic carbocycles. The third-order valence-electron chi connectivity index (χ3n) is 3.46. The van der Waals surface area contributed by atoms with Gasteiger partial charge in [0.15, 0.2) is 0 Å². The molecule has 2 nitrogen and oxygen atoms in total. The second-order valence-electron chi connectivity index (χ2n) is 5.21. The van der Waals surface area contributed by atoms with Gasteiger partial charge in [0.05, 0.1) is 13.2 Å². The molecule has 0 amide bonds. The Bertz CT molecular complexity index is 358. The fraction of sp³-hybridized carbons (Fsp3) is 0.556. The molecule has 0 aliphatic rings. The number of unbranched alkanes of at least 4 members (excludes halogenated alkanes) is 1. The Labute approximate surface area is 124 Å². The summed E-state index contributed by atoms with van der Waals surface area (Å²) in [4.78, 5) is 0. The van der Waals surface area contributed by atoms with E-state index in [4.69, 9.17) is 4.74 Å². The summed E-state index contributed by atoms with van der Waals surface area (Å²) < 4.78 is 5.49. The largest absolute Gasteiger partial charge is 0.380 e. The second kappa shape index (κ2) is 10.6. The molecule has 20 heavy (non-hydrogen) atoms. The van der Waals surface area contributed by atoms with Gasteiger partial charge in [-0.2, -0.15) is 0 Å². The van der Waals surface area contributed by atoms with Crippen LogP contribution in [0.2, 0.25) is 0 Å². The van der Waals surface area contributed by atoms with Crippen molar-refractivity contribution in [2.45, 2.75) is 45.6 Å². The van der Waals surface area contributed by atoms with E-state index in [1.54, 1.807) is 0 Å². The lowest BCUT2D eigenvalue weighted by molar-refractivity contribution is 0.138. The van der Waals surface area contributed by atoms with Crippen LogP contribution < -0.4 is 5.32 Å². The summed E-state index contributed by atoms with van der Waals surface area (Å²) in [6.45, 7) is 10.5. The van der Waals surface area contributed by atoms with E-state index in [1.807, 2.05) is 6.08 Å². The SMILES string of the molecule is C=CCCOCCNC(C)c1ccc(CCCC)cc1. The quantitative estimate of drug-likeness (QED) is 0.481. The highest BCUT2D eigenvalue weighted by molar-refractivity contribution is 5.24. The molecule has 1 N–H and O–H groups in total. The molecule has 1 aromatic rings. The summed E-state index contributed by atoms with van der Waals surface area (Å²) >= 11 is 0. The van der Waals surface area contributed by atoms with Crippen LogP contribution in [0.3, 0.4) is 0 Å². The maximum atomic E-state index is 5.49. The third-order valence-corrected chi connectivity index (χ3v) is 3.46.